The Morgan fingerprint density at radius 1 is 1.59 bits per heavy atom. The fourth-order valence-corrected chi connectivity index (χ4v) is 1.88. The molecular formula is C10H15N3O3S. The van der Waals surface area contributed by atoms with Crippen molar-refractivity contribution in [2.45, 2.75) is 6.92 Å². The maximum absolute atomic E-state index is 11.7. The van der Waals surface area contributed by atoms with Gasteiger partial charge in [-0.05, 0) is 6.92 Å². The molecule has 1 rings (SSSR count). The first-order chi connectivity index (χ1) is 8.00. The van der Waals surface area contributed by atoms with Gasteiger partial charge in [0.1, 0.15) is 0 Å². The highest BCUT2D eigenvalue weighted by Gasteiger charge is 2.11. The molecule has 0 aliphatic rings. The zero-order valence-corrected chi connectivity index (χ0v) is 10.6. The predicted molar refractivity (Wildman–Crippen MR) is 65.2 cm³/mol. The van der Waals surface area contributed by atoms with Gasteiger partial charge in [-0.25, -0.2) is 0 Å². The van der Waals surface area contributed by atoms with Crippen LogP contribution >= 0.6 is 11.8 Å². The van der Waals surface area contributed by atoms with Crippen LogP contribution in [0.5, 0.6) is 0 Å². The third-order valence-corrected chi connectivity index (χ3v) is 2.96. The normalized spacial score (nSPS) is 10.2. The van der Waals surface area contributed by atoms with E-state index < -0.39 is 5.97 Å². The molecule has 0 unspecified atom stereocenters. The Hall–Kier alpha value is -1.50. The van der Waals surface area contributed by atoms with Crippen molar-refractivity contribution in [1.29, 1.82) is 0 Å². The molecule has 0 radical (unpaired) electrons. The molecule has 1 amide bonds. The lowest BCUT2D eigenvalue weighted by Gasteiger charge is -2.02. The second-order valence-electron chi connectivity index (χ2n) is 3.50. The van der Waals surface area contributed by atoms with Gasteiger partial charge in [0, 0.05) is 25.5 Å². The van der Waals surface area contributed by atoms with Gasteiger partial charge in [-0.1, -0.05) is 0 Å². The molecule has 0 saturated carbocycles. The highest BCUT2D eigenvalue weighted by Crippen LogP contribution is 2.04. The minimum Gasteiger partial charge on any atom is -0.481 e. The molecule has 0 aliphatic carbocycles. The Morgan fingerprint density at radius 3 is 2.82 bits per heavy atom. The van der Waals surface area contributed by atoms with Crippen LogP contribution < -0.4 is 5.32 Å². The van der Waals surface area contributed by atoms with Gasteiger partial charge in [-0.3, -0.25) is 14.3 Å². The van der Waals surface area contributed by atoms with E-state index in [1.807, 2.05) is 0 Å². The standard InChI is InChI=1S/C10H15N3O3S/c1-7-8(5-13(2)12-7)10(16)11-3-4-17-6-9(14)15/h5H,3-4,6H2,1-2H3,(H,11,16)(H,14,15). The molecule has 6 nitrogen and oxygen atoms in total. The van der Waals surface area contributed by atoms with Gasteiger partial charge in [0.15, 0.2) is 0 Å². The topological polar surface area (TPSA) is 84.2 Å². The number of carbonyl (C=O) groups excluding carboxylic acids is 1. The van der Waals surface area contributed by atoms with Crippen LogP contribution in [0.3, 0.4) is 0 Å². The molecule has 0 atom stereocenters. The highest BCUT2D eigenvalue weighted by molar-refractivity contribution is 7.99. The van der Waals surface area contributed by atoms with E-state index in [9.17, 15) is 9.59 Å². The van der Waals surface area contributed by atoms with Gasteiger partial charge in [-0.15, -0.1) is 11.8 Å². The van der Waals surface area contributed by atoms with Crippen LogP contribution in [0.15, 0.2) is 6.20 Å². The minimum atomic E-state index is -0.843. The monoisotopic (exact) mass is 257 g/mol. The van der Waals surface area contributed by atoms with Gasteiger partial charge in [0.2, 0.25) is 0 Å². The molecule has 1 aromatic heterocycles. The van der Waals surface area contributed by atoms with Crippen molar-refractivity contribution in [2.24, 2.45) is 7.05 Å². The molecule has 0 fully saturated rings. The summed E-state index contributed by atoms with van der Waals surface area (Å²) in [6.07, 6.45) is 1.66. The van der Waals surface area contributed by atoms with Gasteiger partial charge < -0.3 is 10.4 Å². The van der Waals surface area contributed by atoms with Crippen molar-refractivity contribution >= 4 is 23.6 Å². The Balaban J connectivity index is 2.30. The van der Waals surface area contributed by atoms with Crippen molar-refractivity contribution in [3.63, 3.8) is 0 Å². The number of amides is 1. The number of aromatic nitrogens is 2. The van der Waals surface area contributed by atoms with E-state index >= 15 is 0 Å². The molecule has 0 spiro atoms. The van der Waals surface area contributed by atoms with E-state index in [2.05, 4.69) is 10.4 Å². The lowest BCUT2D eigenvalue weighted by atomic mass is 10.2. The number of carboxylic acid groups (broad SMARTS) is 1. The van der Waals surface area contributed by atoms with Crippen molar-refractivity contribution in [3.05, 3.63) is 17.5 Å². The number of rotatable bonds is 6. The average molecular weight is 257 g/mol. The molecule has 1 heterocycles. The van der Waals surface area contributed by atoms with Crippen molar-refractivity contribution in [2.75, 3.05) is 18.1 Å². The molecule has 7 heteroatoms. The molecule has 94 valence electrons. The van der Waals surface area contributed by atoms with E-state index in [1.54, 1.807) is 24.9 Å². The first-order valence-corrected chi connectivity index (χ1v) is 6.24. The van der Waals surface area contributed by atoms with E-state index in [-0.39, 0.29) is 11.7 Å². The molecule has 0 aliphatic heterocycles. The lowest BCUT2D eigenvalue weighted by molar-refractivity contribution is -0.133. The number of aryl methyl sites for hydroxylation is 2. The van der Waals surface area contributed by atoms with Crippen LogP contribution in [0.2, 0.25) is 0 Å². The summed E-state index contributed by atoms with van der Waals surface area (Å²) in [5.74, 6) is -0.380. The summed E-state index contributed by atoms with van der Waals surface area (Å²) in [5.41, 5.74) is 1.24. The zero-order valence-electron chi connectivity index (χ0n) is 9.77. The second kappa shape index (κ2) is 6.29. The second-order valence-corrected chi connectivity index (χ2v) is 4.61. The Bertz CT molecular complexity index is 417. The summed E-state index contributed by atoms with van der Waals surface area (Å²) in [5, 5.41) is 15.2. The van der Waals surface area contributed by atoms with Crippen LogP contribution in [-0.2, 0) is 11.8 Å². The lowest BCUT2D eigenvalue weighted by Crippen LogP contribution is -2.26. The maximum Gasteiger partial charge on any atom is 0.313 e. The Labute approximate surface area is 103 Å². The van der Waals surface area contributed by atoms with Crippen molar-refractivity contribution in [1.82, 2.24) is 15.1 Å². The van der Waals surface area contributed by atoms with Gasteiger partial charge in [0.05, 0.1) is 17.0 Å². The number of carboxylic acids is 1. The number of nitrogens with one attached hydrogen (secondary N) is 1. The molecular weight excluding hydrogens is 242 g/mol. The van der Waals surface area contributed by atoms with Crippen LogP contribution in [0.4, 0.5) is 0 Å². The summed E-state index contributed by atoms with van der Waals surface area (Å²) in [7, 11) is 1.76. The number of nitrogens with zero attached hydrogens (tertiary/aromatic N) is 2. The number of hydrogen-bond donors (Lipinski definition) is 2. The third-order valence-electron chi connectivity index (χ3n) is 2.02. The highest BCUT2D eigenvalue weighted by atomic mass is 32.2. The number of thioether (sulfide) groups is 1. The largest absolute Gasteiger partial charge is 0.481 e. The predicted octanol–water partition coefficient (Wildman–Crippen LogP) is 0.276. The smallest absolute Gasteiger partial charge is 0.313 e. The van der Waals surface area contributed by atoms with Crippen LogP contribution in [0.25, 0.3) is 0 Å². The van der Waals surface area contributed by atoms with Crippen molar-refractivity contribution in [3.8, 4) is 0 Å². The summed E-state index contributed by atoms with van der Waals surface area (Å²) < 4.78 is 1.59. The van der Waals surface area contributed by atoms with E-state index in [0.717, 1.165) is 0 Å². The third kappa shape index (κ3) is 4.48. The Kier molecular flexibility index (Phi) is 5.02. The summed E-state index contributed by atoms with van der Waals surface area (Å²) in [4.78, 5) is 21.9. The van der Waals surface area contributed by atoms with Gasteiger partial charge in [-0.2, -0.15) is 5.10 Å². The molecule has 1 aromatic rings. The molecule has 0 bridgehead atoms. The van der Waals surface area contributed by atoms with Crippen LogP contribution in [0, 0.1) is 6.92 Å². The average Bonchev–Trinajstić information content (AvgIpc) is 2.56. The number of hydrogen-bond acceptors (Lipinski definition) is 4. The van der Waals surface area contributed by atoms with Crippen LogP contribution in [0.1, 0.15) is 16.1 Å². The molecule has 2 N–H and O–H groups in total. The Morgan fingerprint density at radius 2 is 2.29 bits per heavy atom. The quantitative estimate of drug-likeness (QED) is 0.715. The molecule has 17 heavy (non-hydrogen) atoms. The first kappa shape index (κ1) is 13.6. The van der Waals surface area contributed by atoms with E-state index in [1.165, 1.54) is 11.8 Å². The van der Waals surface area contributed by atoms with E-state index in [0.29, 0.717) is 23.6 Å². The summed E-state index contributed by atoms with van der Waals surface area (Å²) in [6, 6.07) is 0. The molecule has 0 aromatic carbocycles. The van der Waals surface area contributed by atoms with Gasteiger partial charge in [0.25, 0.3) is 5.91 Å². The first-order valence-electron chi connectivity index (χ1n) is 5.08. The molecule has 0 saturated heterocycles. The number of carbonyl (C=O) groups is 2. The zero-order chi connectivity index (χ0) is 12.8. The summed E-state index contributed by atoms with van der Waals surface area (Å²) >= 11 is 1.27. The number of aliphatic carboxylic acids is 1. The van der Waals surface area contributed by atoms with Crippen molar-refractivity contribution < 1.29 is 14.7 Å². The SMILES string of the molecule is Cc1nn(C)cc1C(=O)NCCSCC(=O)O. The summed E-state index contributed by atoms with van der Waals surface area (Å²) in [6.45, 7) is 2.22. The van der Waals surface area contributed by atoms with Gasteiger partial charge >= 0.3 is 5.97 Å². The fourth-order valence-electron chi connectivity index (χ4n) is 1.31. The fraction of sp³-hybridized carbons (Fsp3) is 0.500. The van der Waals surface area contributed by atoms with Crippen LogP contribution in [-0.4, -0.2) is 44.8 Å². The van der Waals surface area contributed by atoms with E-state index in [4.69, 9.17) is 5.11 Å². The minimum absolute atomic E-state index is 0.0573. The maximum atomic E-state index is 11.7.